The van der Waals surface area contributed by atoms with E-state index in [-0.39, 0.29) is 11.4 Å². The minimum Gasteiger partial charge on any atom is -0.497 e. The number of thioether (sulfide) groups is 1. The third kappa shape index (κ3) is 4.73. The average molecular weight is 425 g/mol. The number of aromatic nitrogens is 1. The molecule has 3 rings (SSSR count). The van der Waals surface area contributed by atoms with Crippen LogP contribution in [0.15, 0.2) is 45.6 Å². The minimum absolute atomic E-state index is 0.132. The zero-order valence-corrected chi connectivity index (χ0v) is 17.6. The lowest BCUT2D eigenvalue weighted by atomic mass is 10.2. The Labute approximate surface area is 167 Å². The van der Waals surface area contributed by atoms with Crippen LogP contribution in [0.3, 0.4) is 0 Å². The topological polar surface area (TPSA) is 77.5 Å². The van der Waals surface area contributed by atoms with Crippen LogP contribution in [0.2, 0.25) is 0 Å². The van der Waals surface area contributed by atoms with E-state index in [0.717, 1.165) is 25.9 Å². The van der Waals surface area contributed by atoms with Crippen LogP contribution in [0.4, 0.5) is 0 Å². The van der Waals surface area contributed by atoms with Crippen molar-refractivity contribution >= 4 is 43.3 Å². The fourth-order valence-corrected chi connectivity index (χ4v) is 5.59. The molecule has 2 aromatic carbocycles. The van der Waals surface area contributed by atoms with E-state index in [0.29, 0.717) is 11.5 Å². The average Bonchev–Trinajstić information content (AvgIpc) is 3.08. The van der Waals surface area contributed by atoms with Gasteiger partial charge in [0.2, 0.25) is 10.0 Å². The number of ether oxygens (including phenoxy) is 2. The molecule has 6 nitrogen and oxygen atoms in total. The van der Waals surface area contributed by atoms with Gasteiger partial charge in [0.25, 0.3) is 0 Å². The standard InChI is InChI=1S/C18H20N2O4S3/c1-4-25-18-20-16-6-5-15(10-17(16)26-18)27(21,22)19-11-12-7-13(23-2)9-14(8-12)24-3/h5-10,19H,4,11H2,1-3H3. The van der Waals surface area contributed by atoms with E-state index >= 15 is 0 Å². The SMILES string of the molecule is CCSc1nc2ccc(S(=O)(=O)NCc3cc(OC)cc(OC)c3)cc2s1. The minimum atomic E-state index is -3.65. The van der Waals surface area contributed by atoms with Crippen LogP contribution < -0.4 is 14.2 Å². The summed E-state index contributed by atoms with van der Waals surface area (Å²) in [5.74, 6) is 2.14. The van der Waals surface area contributed by atoms with Crippen LogP contribution >= 0.6 is 23.1 Å². The molecule has 0 aliphatic carbocycles. The summed E-state index contributed by atoms with van der Waals surface area (Å²) in [6.07, 6.45) is 0. The van der Waals surface area contributed by atoms with E-state index in [1.54, 1.807) is 62.4 Å². The molecule has 144 valence electrons. The first-order chi connectivity index (χ1) is 12.9. The molecule has 0 bridgehead atoms. The zero-order valence-electron chi connectivity index (χ0n) is 15.2. The van der Waals surface area contributed by atoms with Gasteiger partial charge in [-0.2, -0.15) is 0 Å². The molecule has 9 heteroatoms. The fourth-order valence-electron chi connectivity index (χ4n) is 2.47. The summed E-state index contributed by atoms with van der Waals surface area (Å²) in [4.78, 5) is 4.72. The molecule has 3 aromatic rings. The van der Waals surface area contributed by atoms with E-state index in [4.69, 9.17) is 9.47 Å². The van der Waals surface area contributed by atoms with Gasteiger partial charge < -0.3 is 9.47 Å². The van der Waals surface area contributed by atoms with Crippen LogP contribution in [0.5, 0.6) is 11.5 Å². The molecular weight excluding hydrogens is 404 g/mol. The predicted molar refractivity (Wildman–Crippen MR) is 110 cm³/mol. The molecule has 0 unspecified atom stereocenters. The van der Waals surface area contributed by atoms with Crippen molar-refractivity contribution in [1.82, 2.24) is 9.71 Å². The van der Waals surface area contributed by atoms with Crippen molar-refractivity contribution in [3.05, 3.63) is 42.0 Å². The number of hydrogen-bond acceptors (Lipinski definition) is 7. The first-order valence-electron chi connectivity index (χ1n) is 8.20. The second-order valence-electron chi connectivity index (χ2n) is 5.59. The Morgan fingerprint density at radius 3 is 2.44 bits per heavy atom. The van der Waals surface area contributed by atoms with Gasteiger partial charge in [-0.1, -0.05) is 18.7 Å². The summed E-state index contributed by atoms with van der Waals surface area (Å²) in [6, 6.07) is 10.3. The number of fused-ring (bicyclic) bond motifs is 1. The van der Waals surface area contributed by atoms with Gasteiger partial charge in [-0.15, -0.1) is 11.3 Å². The summed E-state index contributed by atoms with van der Waals surface area (Å²) < 4.78 is 40.3. The predicted octanol–water partition coefficient (Wildman–Crippen LogP) is 3.90. The van der Waals surface area contributed by atoms with Gasteiger partial charge in [0, 0.05) is 12.6 Å². The number of hydrogen-bond donors (Lipinski definition) is 1. The second kappa shape index (κ2) is 8.47. The first-order valence-corrected chi connectivity index (χ1v) is 11.5. The zero-order chi connectivity index (χ0) is 19.4. The van der Waals surface area contributed by atoms with E-state index in [1.165, 1.54) is 11.3 Å². The normalized spacial score (nSPS) is 11.7. The first kappa shape index (κ1) is 19.9. The molecule has 0 atom stereocenters. The number of benzene rings is 2. The van der Waals surface area contributed by atoms with E-state index in [1.807, 2.05) is 0 Å². The molecule has 0 radical (unpaired) electrons. The molecule has 0 fully saturated rings. The van der Waals surface area contributed by atoms with Crippen molar-refractivity contribution in [3.8, 4) is 11.5 Å². The lowest BCUT2D eigenvalue weighted by molar-refractivity contribution is 0.393. The molecular formula is C18H20N2O4S3. The van der Waals surface area contributed by atoms with Crippen LogP contribution in [0.1, 0.15) is 12.5 Å². The second-order valence-corrected chi connectivity index (χ2v) is 9.90. The molecule has 0 saturated heterocycles. The van der Waals surface area contributed by atoms with Crippen LogP contribution in [-0.4, -0.2) is 33.4 Å². The Kier molecular flexibility index (Phi) is 6.25. The molecule has 0 amide bonds. The highest BCUT2D eigenvalue weighted by atomic mass is 32.2. The highest BCUT2D eigenvalue weighted by Crippen LogP contribution is 2.31. The fraction of sp³-hybridized carbons (Fsp3) is 0.278. The lowest BCUT2D eigenvalue weighted by Crippen LogP contribution is -2.23. The Bertz CT molecular complexity index is 1030. The highest BCUT2D eigenvalue weighted by molar-refractivity contribution is 8.01. The van der Waals surface area contributed by atoms with Crippen molar-refractivity contribution in [2.24, 2.45) is 0 Å². The van der Waals surface area contributed by atoms with Gasteiger partial charge >= 0.3 is 0 Å². The quantitative estimate of drug-likeness (QED) is 0.553. The van der Waals surface area contributed by atoms with Gasteiger partial charge in [0.1, 0.15) is 11.5 Å². The Morgan fingerprint density at radius 2 is 1.81 bits per heavy atom. The smallest absolute Gasteiger partial charge is 0.240 e. The highest BCUT2D eigenvalue weighted by Gasteiger charge is 2.16. The number of sulfonamides is 1. The number of rotatable bonds is 8. The molecule has 0 saturated carbocycles. The van der Waals surface area contributed by atoms with Gasteiger partial charge in [-0.25, -0.2) is 18.1 Å². The van der Waals surface area contributed by atoms with Crippen LogP contribution in [-0.2, 0) is 16.6 Å². The summed E-state index contributed by atoms with van der Waals surface area (Å²) in [5, 5.41) is 0. The number of nitrogens with zero attached hydrogens (tertiary/aromatic N) is 1. The summed E-state index contributed by atoms with van der Waals surface area (Å²) in [6.45, 7) is 2.19. The molecule has 0 aliphatic rings. The van der Waals surface area contributed by atoms with Crippen molar-refractivity contribution in [2.75, 3.05) is 20.0 Å². The maximum atomic E-state index is 12.7. The Morgan fingerprint density at radius 1 is 1.11 bits per heavy atom. The van der Waals surface area contributed by atoms with Crippen molar-refractivity contribution in [3.63, 3.8) is 0 Å². The van der Waals surface area contributed by atoms with Gasteiger partial charge in [-0.3, -0.25) is 0 Å². The summed E-state index contributed by atoms with van der Waals surface area (Å²) in [5.41, 5.74) is 1.56. The summed E-state index contributed by atoms with van der Waals surface area (Å²) >= 11 is 3.15. The van der Waals surface area contributed by atoms with Crippen molar-refractivity contribution < 1.29 is 17.9 Å². The van der Waals surface area contributed by atoms with Crippen molar-refractivity contribution in [1.29, 1.82) is 0 Å². The number of nitrogens with one attached hydrogen (secondary N) is 1. The van der Waals surface area contributed by atoms with Gasteiger partial charge in [0.15, 0.2) is 4.34 Å². The van der Waals surface area contributed by atoms with Gasteiger partial charge in [-0.05, 0) is 41.6 Å². The number of methoxy groups -OCH3 is 2. The van der Waals surface area contributed by atoms with E-state index in [9.17, 15) is 8.42 Å². The maximum absolute atomic E-state index is 12.7. The molecule has 0 aliphatic heterocycles. The van der Waals surface area contributed by atoms with Crippen molar-refractivity contribution in [2.45, 2.75) is 22.7 Å². The maximum Gasteiger partial charge on any atom is 0.240 e. The van der Waals surface area contributed by atoms with E-state index < -0.39 is 10.0 Å². The van der Waals surface area contributed by atoms with Gasteiger partial charge in [0.05, 0.1) is 29.3 Å². The largest absolute Gasteiger partial charge is 0.497 e. The third-order valence-electron chi connectivity index (χ3n) is 3.80. The molecule has 0 spiro atoms. The molecule has 1 aromatic heterocycles. The van der Waals surface area contributed by atoms with Crippen LogP contribution in [0, 0.1) is 0 Å². The number of thiazole rings is 1. The Hall–Kier alpha value is -1.81. The molecule has 27 heavy (non-hydrogen) atoms. The monoisotopic (exact) mass is 424 g/mol. The Balaban J connectivity index is 1.81. The third-order valence-corrected chi connectivity index (χ3v) is 7.24. The van der Waals surface area contributed by atoms with E-state index in [2.05, 4.69) is 16.6 Å². The lowest BCUT2D eigenvalue weighted by Gasteiger charge is -2.10. The summed E-state index contributed by atoms with van der Waals surface area (Å²) in [7, 11) is -0.544. The molecule has 1 N–H and O–H groups in total. The van der Waals surface area contributed by atoms with Crippen LogP contribution in [0.25, 0.3) is 10.2 Å². The molecule has 1 heterocycles.